The molecule has 0 saturated heterocycles. The zero-order valence-corrected chi connectivity index (χ0v) is 11.0. The van der Waals surface area contributed by atoms with E-state index in [2.05, 4.69) is 4.74 Å². The second-order valence-electron chi connectivity index (χ2n) is 4.80. The molecule has 19 heavy (non-hydrogen) atoms. The molecule has 0 aromatic heterocycles. The van der Waals surface area contributed by atoms with Gasteiger partial charge in [-0.05, 0) is 18.9 Å². The van der Waals surface area contributed by atoms with Crippen LogP contribution in [0.4, 0.5) is 4.39 Å². The van der Waals surface area contributed by atoms with Crippen molar-refractivity contribution in [2.75, 3.05) is 20.7 Å². The third-order valence-electron chi connectivity index (χ3n) is 3.49. The Hall–Kier alpha value is -1.91. The maximum absolute atomic E-state index is 13.8. The largest absolute Gasteiger partial charge is 0.468 e. The molecule has 0 heterocycles. The summed E-state index contributed by atoms with van der Waals surface area (Å²) in [4.78, 5) is 24.9. The van der Waals surface area contributed by atoms with Crippen molar-refractivity contribution in [3.63, 3.8) is 0 Å². The highest BCUT2D eigenvalue weighted by molar-refractivity contribution is 5.93. The number of esters is 1. The molecule has 1 aromatic carbocycles. The number of halogens is 1. The van der Waals surface area contributed by atoms with Crippen LogP contribution in [-0.2, 0) is 19.7 Å². The molecule has 4 nitrogen and oxygen atoms in total. The molecule has 0 radical (unpaired) electrons. The lowest BCUT2D eigenvalue weighted by molar-refractivity contribution is -0.146. The summed E-state index contributed by atoms with van der Waals surface area (Å²) in [6.45, 7) is -0.120. The van der Waals surface area contributed by atoms with Gasteiger partial charge in [-0.15, -0.1) is 0 Å². The molecule has 102 valence electrons. The maximum Gasteiger partial charge on any atom is 0.325 e. The highest BCUT2D eigenvalue weighted by atomic mass is 19.1. The lowest BCUT2D eigenvalue weighted by Gasteiger charge is -2.23. The van der Waals surface area contributed by atoms with E-state index in [4.69, 9.17) is 0 Å². The highest BCUT2D eigenvalue weighted by Crippen LogP contribution is 2.50. The summed E-state index contributed by atoms with van der Waals surface area (Å²) >= 11 is 0. The van der Waals surface area contributed by atoms with Gasteiger partial charge in [0, 0.05) is 12.6 Å². The lowest BCUT2D eigenvalue weighted by atomic mass is 9.94. The number of methoxy groups -OCH3 is 1. The minimum atomic E-state index is -0.798. The van der Waals surface area contributed by atoms with Crippen LogP contribution in [0.3, 0.4) is 0 Å². The fourth-order valence-electron chi connectivity index (χ4n) is 2.27. The van der Waals surface area contributed by atoms with Gasteiger partial charge in [0.25, 0.3) is 0 Å². The summed E-state index contributed by atoms with van der Waals surface area (Å²) in [5.41, 5.74) is -0.384. The average molecular weight is 265 g/mol. The van der Waals surface area contributed by atoms with Gasteiger partial charge in [-0.1, -0.05) is 18.2 Å². The Morgan fingerprint density at radius 2 is 2.00 bits per heavy atom. The van der Waals surface area contributed by atoms with Gasteiger partial charge in [0.2, 0.25) is 5.91 Å². The molecule has 1 fully saturated rings. The van der Waals surface area contributed by atoms with Crippen molar-refractivity contribution in [3.8, 4) is 0 Å². The summed E-state index contributed by atoms with van der Waals surface area (Å²) in [5, 5.41) is 0. The number of hydrogen-bond acceptors (Lipinski definition) is 3. The van der Waals surface area contributed by atoms with Gasteiger partial charge in [-0.3, -0.25) is 9.59 Å². The molecule has 1 amide bonds. The fourth-order valence-corrected chi connectivity index (χ4v) is 2.27. The minimum Gasteiger partial charge on any atom is -0.468 e. The molecular weight excluding hydrogens is 249 g/mol. The van der Waals surface area contributed by atoms with Crippen molar-refractivity contribution in [1.29, 1.82) is 0 Å². The van der Waals surface area contributed by atoms with Crippen molar-refractivity contribution in [3.05, 3.63) is 35.6 Å². The van der Waals surface area contributed by atoms with Crippen LogP contribution in [0, 0.1) is 5.82 Å². The highest BCUT2D eigenvalue weighted by Gasteiger charge is 2.53. The normalized spacial score (nSPS) is 15.7. The first-order valence-electron chi connectivity index (χ1n) is 6.08. The van der Waals surface area contributed by atoms with Crippen LogP contribution >= 0.6 is 0 Å². The number of rotatable bonds is 4. The zero-order chi connectivity index (χ0) is 14.0. The standard InChI is InChI=1S/C14H16FNO3/c1-16(9-12(17)19-2)13(18)14(7-8-14)10-5-3-4-6-11(10)15/h3-6H,7-9H2,1-2H3. The molecule has 1 aliphatic rings. The van der Waals surface area contributed by atoms with Gasteiger partial charge in [0.1, 0.15) is 12.4 Å². The number of benzene rings is 1. The summed E-state index contributed by atoms with van der Waals surface area (Å²) in [5.74, 6) is -1.09. The van der Waals surface area contributed by atoms with Crippen LogP contribution in [0.5, 0.6) is 0 Å². The Morgan fingerprint density at radius 3 is 2.53 bits per heavy atom. The van der Waals surface area contributed by atoms with Crippen LogP contribution in [0.1, 0.15) is 18.4 Å². The van der Waals surface area contributed by atoms with Crippen molar-refractivity contribution in [1.82, 2.24) is 4.90 Å². The SMILES string of the molecule is COC(=O)CN(C)C(=O)C1(c2ccccc2F)CC1. The maximum atomic E-state index is 13.8. The second kappa shape index (κ2) is 4.99. The molecule has 0 N–H and O–H groups in total. The number of likely N-dealkylation sites (N-methyl/N-ethyl adjacent to an activating group) is 1. The van der Waals surface area contributed by atoms with Crippen molar-refractivity contribution in [2.24, 2.45) is 0 Å². The number of amides is 1. The van der Waals surface area contributed by atoms with Crippen LogP contribution in [0.2, 0.25) is 0 Å². The van der Waals surface area contributed by atoms with E-state index in [-0.39, 0.29) is 18.3 Å². The number of nitrogens with zero attached hydrogens (tertiary/aromatic N) is 1. The lowest BCUT2D eigenvalue weighted by Crippen LogP contribution is -2.40. The van der Waals surface area contributed by atoms with E-state index in [1.165, 1.54) is 25.1 Å². The van der Waals surface area contributed by atoms with Crippen molar-refractivity contribution < 1.29 is 18.7 Å². The molecule has 0 spiro atoms. The number of carbonyl (C=O) groups excluding carboxylic acids is 2. The van der Waals surface area contributed by atoms with Crippen LogP contribution in [0.25, 0.3) is 0 Å². The van der Waals surface area contributed by atoms with E-state index >= 15 is 0 Å². The zero-order valence-electron chi connectivity index (χ0n) is 11.0. The van der Waals surface area contributed by atoms with E-state index in [0.29, 0.717) is 18.4 Å². The van der Waals surface area contributed by atoms with E-state index < -0.39 is 11.4 Å². The number of carbonyl (C=O) groups is 2. The quantitative estimate of drug-likeness (QED) is 0.775. The van der Waals surface area contributed by atoms with E-state index in [1.54, 1.807) is 18.2 Å². The minimum absolute atomic E-state index is 0.120. The molecule has 0 unspecified atom stereocenters. The molecule has 5 heteroatoms. The van der Waals surface area contributed by atoms with Gasteiger partial charge >= 0.3 is 5.97 Å². The first-order chi connectivity index (χ1) is 9.01. The van der Waals surface area contributed by atoms with Crippen LogP contribution in [0.15, 0.2) is 24.3 Å². The molecule has 1 saturated carbocycles. The first kappa shape index (κ1) is 13.5. The van der Waals surface area contributed by atoms with E-state index in [9.17, 15) is 14.0 Å². The van der Waals surface area contributed by atoms with Gasteiger partial charge < -0.3 is 9.64 Å². The van der Waals surface area contributed by atoms with Gasteiger partial charge in [0.05, 0.1) is 12.5 Å². The average Bonchev–Trinajstić information content (AvgIpc) is 3.19. The third kappa shape index (κ3) is 2.45. The predicted octanol–water partition coefficient (Wildman–Crippen LogP) is 1.49. The Kier molecular flexibility index (Phi) is 3.55. The van der Waals surface area contributed by atoms with E-state index in [1.807, 2.05) is 0 Å². The predicted molar refractivity (Wildman–Crippen MR) is 67.0 cm³/mol. The number of hydrogen-bond donors (Lipinski definition) is 0. The van der Waals surface area contributed by atoms with Crippen molar-refractivity contribution in [2.45, 2.75) is 18.3 Å². The summed E-state index contributed by atoms with van der Waals surface area (Å²) in [6, 6.07) is 6.29. The molecular formula is C14H16FNO3. The fraction of sp³-hybridized carbons (Fsp3) is 0.429. The first-order valence-corrected chi connectivity index (χ1v) is 6.08. The molecule has 1 aromatic rings. The van der Waals surface area contributed by atoms with Gasteiger partial charge in [-0.25, -0.2) is 4.39 Å². The smallest absolute Gasteiger partial charge is 0.325 e. The van der Waals surface area contributed by atoms with Gasteiger partial charge in [0.15, 0.2) is 0 Å². The molecule has 0 atom stereocenters. The van der Waals surface area contributed by atoms with Crippen LogP contribution in [-0.4, -0.2) is 37.5 Å². The van der Waals surface area contributed by atoms with Gasteiger partial charge in [-0.2, -0.15) is 0 Å². The summed E-state index contributed by atoms with van der Waals surface area (Å²) in [6.07, 6.45) is 1.22. The molecule has 0 aliphatic heterocycles. The monoisotopic (exact) mass is 265 g/mol. The summed E-state index contributed by atoms with van der Waals surface area (Å²) in [7, 11) is 2.80. The third-order valence-corrected chi connectivity index (χ3v) is 3.49. The molecule has 1 aliphatic carbocycles. The summed E-state index contributed by atoms with van der Waals surface area (Å²) < 4.78 is 18.3. The molecule has 0 bridgehead atoms. The van der Waals surface area contributed by atoms with Crippen molar-refractivity contribution >= 4 is 11.9 Å². The van der Waals surface area contributed by atoms with Crippen LogP contribution < -0.4 is 0 Å². The number of ether oxygens (including phenoxy) is 1. The molecule has 2 rings (SSSR count). The Balaban J connectivity index is 2.19. The Morgan fingerprint density at radius 1 is 1.37 bits per heavy atom. The topological polar surface area (TPSA) is 46.6 Å². The Labute approximate surface area is 111 Å². The second-order valence-corrected chi connectivity index (χ2v) is 4.80. The Bertz CT molecular complexity index is 511. The van der Waals surface area contributed by atoms with E-state index in [0.717, 1.165) is 0 Å².